The molecule has 1 aromatic carbocycles. The van der Waals surface area contributed by atoms with Crippen LogP contribution in [0.1, 0.15) is 27.2 Å². The second kappa shape index (κ2) is 6.15. The molecule has 4 nitrogen and oxygen atoms in total. The third-order valence-corrected chi connectivity index (χ3v) is 4.37. The molecule has 1 N–H and O–H groups in total. The maximum absolute atomic E-state index is 12.1. The van der Waals surface area contributed by atoms with E-state index in [2.05, 4.69) is 10.3 Å². The molecular weight excluding hydrogens is 323 g/mol. The summed E-state index contributed by atoms with van der Waals surface area (Å²) in [6, 6.07) is 5.66. The topological polar surface area (TPSA) is 51.2 Å². The Labute approximate surface area is 138 Å². The van der Waals surface area contributed by atoms with E-state index in [0.29, 0.717) is 35.9 Å². The van der Waals surface area contributed by atoms with Gasteiger partial charge in [0.15, 0.2) is 5.75 Å². The molecule has 22 heavy (non-hydrogen) atoms. The molecule has 1 aromatic heterocycles. The summed E-state index contributed by atoms with van der Waals surface area (Å²) in [4.78, 5) is 16.4. The predicted octanol–water partition coefficient (Wildman–Crippen LogP) is 3.41. The number of rotatable bonds is 2. The third-order valence-electron chi connectivity index (χ3n) is 3.48. The van der Waals surface area contributed by atoms with Gasteiger partial charge in [0.25, 0.3) is 5.91 Å². The van der Waals surface area contributed by atoms with E-state index in [9.17, 15) is 4.79 Å². The number of nitrogens with zero attached hydrogens (tertiary/aromatic N) is 1. The van der Waals surface area contributed by atoms with Gasteiger partial charge in [-0.15, -0.1) is 0 Å². The third kappa shape index (κ3) is 2.89. The van der Waals surface area contributed by atoms with Crippen molar-refractivity contribution < 1.29 is 9.53 Å². The predicted molar refractivity (Wildman–Crippen MR) is 86.1 cm³/mol. The van der Waals surface area contributed by atoms with Gasteiger partial charge in [0.1, 0.15) is 11.6 Å². The van der Waals surface area contributed by atoms with E-state index < -0.39 is 0 Å². The Morgan fingerprint density at radius 3 is 2.86 bits per heavy atom. The SMILES string of the molecule is Cc1ccc(Cc2cc3c(c(Cl)c2Cl)OCCNC3=O)cn1. The first kappa shape index (κ1) is 15.1. The fourth-order valence-electron chi connectivity index (χ4n) is 2.34. The lowest BCUT2D eigenvalue weighted by Crippen LogP contribution is -2.24. The zero-order valence-electron chi connectivity index (χ0n) is 12.0. The maximum atomic E-state index is 12.1. The Hall–Kier alpha value is -1.78. The van der Waals surface area contributed by atoms with Crippen molar-refractivity contribution in [3.05, 3.63) is 56.8 Å². The zero-order valence-corrected chi connectivity index (χ0v) is 13.5. The molecule has 6 heteroatoms. The quantitative estimate of drug-likeness (QED) is 0.914. The first-order chi connectivity index (χ1) is 10.6. The molecule has 0 saturated carbocycles. The summed E-state index contributed by atoms with van der Waals surface area (Å²) in [6.45, 7) is 2.74. The highest BCUT2D eigenvalue weighted by Gasteiger charge is 2.23. The van der Waals surface area contributed by atoms with Gasteiger partial charge in [-0.2, -0.15) is 0 Å². The van der Waals surface area contributed by atoms with Crippen LogP contribution in [0.15, 0.2) is 24.4 Å². The van der Waals surface area contributed by atoms with Gasteiger partial charge in [0, 0.05) is 18.3 Å². The summed E-state index contributed by atoms with van der Waals surface area (Å²) in [5.41, 5.74) is 3.14. The van der Waals surface area contributed by atoms with Crippen molar-refractivity contribution in [2.24, 2.45) is 0 Å². The zero-order chi connectivity index (χ0) is 15.7. The van der Waals surface area contributed by atoms with Gasteiger partial charge >= 0.3 is 0 Å². The number of benzene rings is 1. The first-order valence-corrected chi connectivity index (χ1v) is 7.65. The number of halogens is 2. The largest absolute Gasteiger partial charge is 0.489 e. The molecule has 0 atom stereocenters. The van der Waals surface area contributed by atoms with E-state index in [0.717, 1.165) is 16.8 Å². The Balaban J connectivity index is 2.03. The molecule has 0 bridgehead atoms. The fraction of sp³-hybridized carbons (Fsp3) is 0.250. The highest BCUT2D eigenvalue weighted by Crippen LogP contribution is 2.39. The van der Waals surface area contributed by atoms with Crippen LogP contribution in [0, 0.1) is 6.92 Å². The lowest BCUT2D eigenvalue weighted by Gasteiger charge is -2.13. The fourth-order valence-corrected chi connectivity index (χ4v) is 2.82. The standard InChI is InChI=1S/C16H14Cl2N2O2/c1-9-2-3-10(8-20-9)6-11-7-12-15(14(18)13(11)17)22-5-4-19-16(12)21/h2-3,7-8H,4-6H2,1H3,(H,19,21). The number of amides is 1. The Morgan fingerprint density at radius 1 is 1.32 bits per heavy atom. The number of carbonyl (C=O) groups excluding carboxylic acids is 1. The van der Waals surface area contributed by atoms with E-state index in [1.54, 1.807) is 12.3 Å². The second-order valence-corrected chi connectivity index (χ2v) is 5.89. The average molecular weight is 337 g/mol. The number of hydrogen-bond donors (Lipinski definition) is 1. The summed E-state index contributed by atoms with van der Waals surface area (Å²) in [5.74, 6) is 0.154. The van der Waals surface area contributed by atoms with E-state index in [-0.39, 0.29) is 10.9 Å². The Morgan fingerprint density at radius 2 is 2.14 bits per heavy atom. The van der Waals surface area contributed by atoms with Gasteiger partial charge in [0.05, 0.1) is 17.1 Å². The number of carbonyl (C=O) groups is 1. The van der Waals surface area contributed by atoms with Gasteiger partial charge in [-0.05, 0) is 30.2 Å². The van der Waals surface area contributed by atoms with Gasteiger partial charge in [-0.25, -0.2) is 0 Å². The van der Waals surface area contributed by atoms with Crippen molar-refractivity contribution >= 4 is 29.1 Å². The summed E-state index contributed by atoms with van der Waals surface area (Å²) in [5, 5.41) is 3.46. The normalized spacial score (nSPS) is 13.9. The van der Waals surface area contributed by atoms with Crippen LogP contribution < -0.4 is 10.1 Å². The molecular formula is C16H14Cl2N2O2. The van der Waals surface area contributed by atoms with Crippen LogP contribution in [-0.2, 0) is 6.42 Å². The molecule has 2 heterocycles. The monoisotopic (exact) mass is 336 g/mol. The van der Waals surface area contributed by atoms with Crippen LogP contribution in [0.4, 0.5) is 0 Å². The molecule has 0 spiro atoms. The number of hydrogen-bond acceptors (Lipinski definition) is 3. The van der Waals surface area contributed by atoms with Gasteiger partial charge in [-0.3, -0.25) is 9.78 Å². The summed E-state index contributed by atoms with van der Waals surface area (Å²) in [7, 11) is 0. The van der Waals surface area contributed by atoms with Crippen LogP contribution in [0.2, 0.25) is 10.0 Å². The minimum Gasteiger partial charge on any atom is -0.489 e. The molecule has 1 aliphatic rings. The number of ether oxygens (including phenoxy) is 1. The number of pyridine rings is 1. The summed E-state index contributed by atoms with van der Waals surface area (Å²) in [6.07, 6.45) is 2.34. The van der Waals surface area contributed by atoms with Crippen LogP contribution in [0.5, 0.6) is 5.75 Å². The lowest BCUT2D eigenvalue weighted by molar-refractivity contribution is 0.0957. The Bertz CT molecular complexity index is 730. The van der Waals surface area contributed by atoms with E-state index in [1.807, 2.05) is 19.1 Å². The highest BCUT2D eigenvalue weighted by atomic mass is 35.5. The van der Waals surface area contributed by atoms with Gasteiger partial charge < -0.3 is 10.1 Å². The lowest BCUT2D eigenvalue weighted by atomic mass is 10.0. The van der Waals surface area contributed by atoms with Gasteiger partial charge in [-0.1, -0.05) is 29.3 Å². The summed E-state index contributed by atoms with van der Waals surface area (Å²) < 4.78 is 5.54. The Kier molecular flexibility index (Phi) is 4.23. The van der Waals surface area contributed by atoms with Crippen molar-refractivity contribution in [3.63, 3.8) is 0 Å². The van der Waals surface area contributed by atoms with Gasteiger partial charge in [0.2, 0.25) is 0 Å². The van der Waals surface area contributed by atoms with Crippen LogP contribution in [0.3, 0.4) is 0 Å². The minimum atomic E-state index is -0.200. The van der Waals surface area contributed by atoms with E-state index in [4.69, 9.17) is 27.9 Å². The molecule has 1 amide bonds. The maximum Gasteiger partial charge on any atom is 0.255 e. The second-order valence-electron chi connectivity index (χ2n) is 5.13. The number of aromatic nitrogens is 1. The molecule has 3 rings (SSSR count). The molecule has 0 aliphatic carbocycles. The molecule has 2 aromatic rings. The molecule has 0 radical (unpaired) electrons. The number of aryl methyl sites for hydroxylation is 1. The molecule has 0 unspecified atom stereocenters. The molecule has 0 saturated heterocycles. The van der Waals surface area contributed by atoms with Crippen molar-refractivity contribution in [2.75, 3.05) is 13.2 Å². The van der Waals surface area contributed by atoms with Crippen molar-refractivity contribution in [1.29, 1.82) is 0 Å². The molecule has 1 aliphatic heterocycles. The molecule has 114 valence electrons. The van der Waals surface area contributed by atoms with Crippen LogP contribution in [-0.4, -0.2) is 24.0 Å². The van der Waals surface area contributed by atoms with Crippen LogP contribution >= 0.6 is 23.2 Å². The minimum absolute atomic E-state index is 0.200. The van der Waals surface area contributed by atoms with Crippen molar-refractivity contribution in [2.45, 2.75) is 13.3 Å². The number of fused-ring (bicyclic) bond motifs is 1. The van der Waals surface area contributed by atoms with Crippen molar-refractivity contribution in [3.8, 4) is 5.75 Å². The van der Waals surface area contributed by atoms with Crippen LogP contribution in [0.25, 0.3) is 0 Å². The number of nitrogens with one attached hydrogen (secondary N) is 1. The van der Waals surface area contributed by atoms with Crippen molar-refractivity contribution in [1.82, 2.24) is 10.3 Å². The van der Waals surface area contributed by atoms with E-state index in [1.165, 1.54) is 0 Å². The van der Waals surface area contributed by atoms with E-state index >= 15 is 0 Å². The molecule has 0 fully saturated rings. The first-order valence-electron chi connectivity index (χ1n) is 6.89. The summed E-state index contributed by atoms with van der Waals surface area (Å²) >= 11 is 12.6. The smallest absolute Gasteiger partial charge is 0.255 e. The highest BCUT2D eigenvalue weighted by molar-refractivity contribution is 6.44. The average Bonchev–Trinajstić information content (AvgIpc) is 2.69.